The van der Waals surface area contributed by atoms with Crippen LogP contribution in [-0.2, 0) is 14.8 Å². The van der Waals surface area contributed by atoms with Gasteiger partial charge in [-0.05, 0) is 49.8 Å². The molecule has 0 spiro atoms. The van der Waals surface area contributed by atoms with Crippen LogP contribution in [0.3, 0.4) is 0 Å². The molecule has 1 aromatic rings. The third-order valence-electron chi connectivity index (χ3n) is 5.77. The fraction of sp³-hybridized carbons (Fsp3) is 0.632. The van der Waals surface area contributed by atoms with Crippen molar-refractivity contribution in [1.82, 2.24) is 9.62 Å². The molecule has 150 valence electrons. The first-order valence-electron chi connectivity index (χ1n) is 9.54. The second kappa shape index (κ2) is 8.22. The van der Waals surface area contributed by atoms with Gasteiger partial charge in [-0.25, -0.2) is 17.2 Å². The van der Waals surface area contributed by atoms with Gasteiger partial charge in [0.25, 0.3) is 0 Å². The van der Waals surface area contributed by atoms with Gasteiger partial charge >= 0.3 is 0 Å². The van der Waals surface area contributed by atoms with Gasteiger partial charge in [0.15, 0.2) is 0 Å². The van der Waals surface area contributed by atoms with Crippen LogP contribution >= 0.6 is 0 Å². The number of piperidine rings is 1. The van der Waals surface area contributed by atoms with Crippen molar-refractivity contribution in [2.75, 3.05) is 13.1 Å². The molecule has 1 N–H and O–H groups in total. The Morgan fingerprint density at radius 2 is 1.78 bits per heavy atom. The van der Waals surface area contributed by atoms with E-state index in [4.69, 9.17) is 0 Å². The van der Waals surface area contributed by atoms with Crippen molar-refractivity contribution < 1.29 is 22.0 Å². The van der Waals surface area contributed by atoms with Gasteiger partial charge in [0.2, 0.25) is 15.9 Å². The van der Waals surface area contributed by atoms with Crippen LogP contribution in [0.1, 0.15) is 45.4 Å². The Bertz CT molecular complexity index is 792. The van der Waals surface area contributed by atoms with Crippen molar-refractivity contribution >= 4 is 15.9 Å². The minimum Gasteiger partial charge on any atom is -0.353 e. The summed E-state index contributed by atoms with van der Waals surface area (Å²) in [5.41, 5.74) is 0. The summed E-state index contributed by atoms with van der Waals surface area (Å²) in [5.74, 6) is -1.59. The lowest BCUT2D eigenvalue weighted by molar-refractivity contribution is -0.127. The summed E-state index contributed by atoms with van der Waals surface area (Å²) < 4.78 is 53.6. The van der Waals surface area contributed by atoms with Crippen LogP contribution < -0.4 is 5.32 Å². The molecule has 0 radical (unpaired) electrons. The van der Waals surface area contributed by atoms with Crippen LogP contribution in [0.2, 0.25) is 0 Å². The van der Waals surface area contributed by atoms with E-state index in [2.05, 4.69) is 12.2 Å². The number of hydrogen-bond acceptors (Lipinski definition) is 3. The van der Waals surface area contributed by atoms with Crippen LogP contribution in [-0.4, -0.2) is 37.8 Å². The molecule has 5 nitrogen and oxygen atoms in total. The molecule has 2 atom stereocenters. The van der Waals surface area contributed by atoms with Gasteiger partial charge in [-0.2, -0.15) is 4.31 Å². The minimum atomic E-state index is -4.11. The van der Waals surface area contributed by atoms with Gasteiger partial charge in [-0.1, -0.05) is 19.8 Å². The van der Waals surface area contributed by atoms with Gasteiger partial charge in [-0.15, -0.1) is 0 Å². The fourth-order valence-corrected chi connectivity index (χ4v) is 5.55. The van der Waals surface area contributed by atoms with E-state index in [1.54, 1.807) is 0 Å². The van der Waals surface area contributed by atoms with E-state index in [0.717, 1.165) is 35.7 Å². The highest BCUT2D eigenvalue weighted by molar-refractivity contribution is 7.89. The Labute approximate surface area is 159 Å². The maximum absolute atomic E-state index is 13.9. The Morgan fingerprint density at radius 1 is 1.11 bits per heavy atom. The van der Waals surface area contributed by atoms with E-state index in [-0.39, 0.29) is 31.0 Å². The Kier molecular flexibility index (Phi) is 6.15. The van der Waals surface area contributed by atoms with E-state index in [1.807, 2.05) is 0 Å². The first kappa shape index (κ1) is 20.2. The summed E-state index contributed by atoms with van der Waals surface area (Å²) >= 11 is 0. The number of carbonyl (C=O) groups excluding carboxylic acids is 1. The van der Waals surface area contributed by atoms with Crippen molar-refractivity contribution in [2.24, 2.45) is 11.8 Å². The van der Waals surface area contributed by atoms with Gasteiger partial charge in [0.1, 0.15) is 16.5 Å². The van der Waals surface area contributed by atoms with Crippen molar-refractivity contribution in [3.8, 4) is 0 Å². The molecule has 8 heteroatoms. The third-order valence-corrected chi connectivity index (χ3v) is 7.69. The highest BCUT2D eigenvalue weighted by Crippen LogP contribution is 2.28. The van der Waals surface area contributed by atoms with E-state index < -0.39 is 26.6 Å². The second-order valence-electron chi connectivity index (χ2n) is 7.63. The Balaban J connectivity index is 1.61. The maximum atomic E-state index is 13.9. The molecule has 1 aliphatic heterocycles. The smallest absolute Gasteiger partial charge is 0.246 e. The quantitative estimate of drug-likeness (QED) is 0.845. The molecule has 1 saturated heterocycles. The summed E-state index contributed by atoms with van der Waals surface area (Å²) in [6, 6.07) is 2.59. The fourth-order valence-electron chi connectivity index (χ4n) is 4.00. The zero-order chi connectivity index (χ0) is 19.6. The number of benzene rings is 1. The average molecular weight is 400 g/mol. The van der Waals surface area contributed by atoms with Crippen LogP contribution in [0.15, 0.2) is 23.1 Å². The monoisotopic (exact) mass is 400 g/mol. The minimum absolute atomic E-state index is 0.0252. The first-order valence-corrected chi connectivity index (χ1v) is 11.0. The molecule has 1 saturated carbocycles. The second-order valence-corrected chi connectivity index (χ2v) is 9.54. The molecule has 27 heavy (non-hydrogen) atoms. The summed E-state index contributed by atoms with van der Waals surface area (Å²) in [7, 11) is -4.11. The lowest BCUT2D eigenvalue weighted by Gasteiger charge is -2.34. The molecule has 0 unspecified atom stereocenters. The maximum Gasteiger partial charge on any atom is 0.246 e. The number of carbonyl (C=O) groups is 1. The normalized spacial score (nSPS) is 25.3. The number of hydrogen-bond donors (Lipinski definition) is 1. The zero-order valence-electron chi connectivity index (χ0n) is 15.5. The van der Waals surface area contributed by atoms with Crippen LogP contribution in [0, 0.1) is 23.5 Å². The first-order chi connectivity index (χ1) is 12.8. The summed E-state index contributed by atoms with van der Waals surface area (Å²) in [6.07, 6.45) is 5.16. The van der Waals surface area contributed by atoms with Crippen molar-refractivity contribution in [2.45, 2.75) is 56.4 Å². The molecule has 2 aliphatic rings. The number of rotatable bonds is 4. The van der Waals surface area contributed by atoms with E-state index in [9.17, 15) is 22.0 Å². The molecule has 0 bridgehead atoms. The lowest BCUT2D eigenvalue weighted by atomic mass is 9.85. The molecular formula is C19H26F2N2O3S. The van der Waals surface area contributed by atoms with E-state index >= 15 is 0 Å². The van der Waals surface area contributed by atoms with Crippen LogP contribution in [0.4, 0.5) is 8.78 Å². The van der Waals surface area contributed by atoms with Crippen molar-refractivity contribution in [3.63, 3.8) is 0 Å². The largest absolute Gasteiger partial charge is 0.353 e. The number of amides is 1. The number of nitrogens with zero attached hydrogens (tertiary/aromatic N) is 1. The SMILES string of the molecule is C[C@@H]1CCCC[C@@H]1NC(=O)C1CCN(S(=O)(=O)c2cc(F)ccc2F)CC1. The highest BCUT2D eigenvalue weighted by atomic mass is 32.2. The Morgan fingerprint density at radius 3 is 2.44 bits per heavy atom. The van der Waals surface area contributed by atoms with Gasteiger partial charge in [0.05, 0.1) is 0 Å². The number of halogens is 2. The van der Waals surface area contributed by atoms with Crippen molar-refractivity contribution in [1.29, 1.82) is 0 Å². The number of nitrogens with one attached hydrogen (secondary N) is 1. The molecule has 1 amide bonds. The predicted octanol–water partition coefficient (Wildman–Crippen LogP) is 3.06. The molecule has 1 aliphatic carbocycles. The van der Waals surface area contributed by atoms with Crippen LogP contribution in [0.5, 0.6) is 0 Å². The molecule has 2 fully saturated rings. The average Bonchev–Trinajstić information content (AvgIpc) is 2.65. The van der Waals surface area contributed by atoms with Crippen molar-refractivity contribution in [3.05, 3.63) is 29.8 Å². The van der Waals surface area contributed by atoms with Crippen LogP contribution in [0.25, 0.3) is 0 Å². The van der Waals surface area contributed by atoms with E-state index in [0.29, 0.717) is 24.8 Å². The molecule has 1 heterocycles. The molecule has 3 rings (SSSR count). The third kappa shape index (κ3) is 4.48. The summed E-state index contributed by atoms with van der Waals surface area (Å²) in [4.78, 5) is 11.9. The summed E-state index contributed by atoms with van der Waals surface area (Å²) in [5, 5.41) is 3.12. The zero-order valence-corrected chi connectivity index (χ0v) is 16.3. The number of sulfonamides is 1. The van der Waals surface area contributed by atoms with Gasteiger partial charge in [-0.3, -0.25) is 4.79 Å². The summed E-state index contributed by atoms with van der Waals surface area (Å²) in [6.45, 7) is 2.39. The standard InChI is InChI=1S/C19H26F2N2O3S/c1-13-4-2-3-5-17(13)22-19(24)14-8-10-23(11-9-14)27(25,26)18-12-15(20)6-7-16(18)21/h6-7,12-14,17H,2-5,8-11H2,1H3,(H,22,24)/t13-,17+/m1/s1. The highest BCUT2D eigenvalue weighted by Gasteiger charge is 2.34. The topological polar surface area (TPSA) is 66.5 Å². The molecular weight excluding hydrogens is 374 g/mol. The molecule has 0 aromatic heterocycles. The lowest BCUT2D eigenvalue weighted by Crippen LogP contribution is -2.47. The van der Waals surface area contributed by atoms with Gasteiger partial charge in [0, 0.05) is 25.0 Å². The molecule has 1 aromatic carbocycles. The Hall–Kier alpha value is -1.54. The van der Waals surface area contributed by atoms with E-state index in [1.165, 1.54) is 6.42 Å². The van der Waals surface area contributed by atoms with Gasteiger partial charge < -0.3 is 5.32 Å². The predicted molar refractivity (Wildman–Crippen MR) is 97.4 cm³/mol.